The van der Waals surface area contributed by atoms with E-state index in [4.69, 9.17) is 14.2 Å². The van der Waals surface area contributed by atoms with E-state index in [1.54, 1.807) is 18.2 Å². The first kappa shape index (κ1) is 18.8. The number of hydrogen-bond acceptors (Lipinski definition) is 6. The molecule has 1 heterocycles. The number of amides is 1. The van der Waals surface area contributed by atoms with Crippen LogP contribution in [0.15, 0.2) is 18.2 Å². The van der Waals surface area contributed by atoms with Gasteiger partial charge >= 0.3 is 5.97 Å². The van der Waals surface area contributed by atoms with Crippen LogP contribution in [-0.4, -0.2) is 44.0 Å². The molecule has 0 saturated carbocycles. The molecule has 0 bridgehead atoms. The predicted molar refractivity (Wildman–Crippen MR) is 89.8 cm³/mol. The molecule has 136 valence electrons. The van der Waals surface area contributed by atoms with Gasteiger partial charge in [0.25, 0.3) is 5.91 Å². The van der Waals surface area contributed by atoms with E-state index in [-0.39, 0.29) is 31.1 Å². The van der Waals surface area contributed by atoms with Crippen LogP contribution < -0.4 is 14.8 Å². The standard InChI is InChI=1S/C18H23NO6/c1-12(2)10-19-17(21)11-25-18(22)6-4-14(20)13-3-5-15-16(9-13)24-8-7-23-15/h3,5,9,12H,4,6-8,10-11H2,1-2H3,(H,19,21). The number of carbonyl (C=O) groups is 3. The van der Waals surface area contributed by atoms with Gasteiger partial charge < -0.3 is 19.5 Å². The van der Waals surface area contributed by atoms with Gasteiger partial charge in [0.05, 0.1) is 6.42 Å². The molecule has 7 heteroatoms. The van der Waals surface area contributed by atoms with Crippen LogP contribution in [0.5, 0.6) is 11.5 Å². The highest BCUT2D eigenvalue weighted by Gasteiger charge is 2.16. The van der Waals surface area contributed by atoms with Gasteiger partial charge in [0.1, 0.15) is 13.2 Å². The van der Waals surface area contributed by atoms with Crippen LogP contribution in [0.25, 0.3) is 0 Å². The van der Waals surface area contributed by atoms with Gasteiger partial charge in [0.15, 0.2) is 23.9 Å². The fourth-order valence-electron chi connectivity index (χ4n) is 2.16. The van der Waals surface area contributed by atoms with Gasteiger partial charge in [0, 0.05) is 18.5 Å². The lowest BCUT2D eigenvalue weighted by Crippen LogP contribution is -2.31. The molecular weight excluding hydrogens is 326 g/mol. The van der Waals surface area contributed by atoms with Crippen LogP contribution >= 0.6 is 0 Å². The Morgan fingerprint density at radius 1 is 1.12 bits per heavy atom. The topological polar surface area (TPSA) is 90.9 Å². The summed E-state index contributed by atoms with van der Waals surface area (Å²) < 4.78 is 15.7. The van der Waals surface area contributed by atoms with E-state index in [0.717, 1.165) is 0 Å². The highest BCUT2D eigenvalue weighted by Crippen LogP contribution is 2.31. The number of fused-ring (bicyclic) bond motifs is 1. The second-order valence-electron chi connectivity index (χ2n) is 6.14. The number of benzene rings is 1. The SMILES string of the molecule is CC(C)CNC(=O)COC(=O)CCC(=O)c1ccc2c(c1)OCCO2. The number of rotatable bonds is 8. The largest absolute Gasteiger partial charge is 0.486 e. The summed E-state index contributed by atoms with van der Waals surface area (Å²) in [5.74, 6) is 0.336. The molecule has 1 aromatic carbocycles. The number of esters is 1. The maximum absolute atomic E-state index is 12.2. The Morgan fingerprint density at radius 2 is 1.84 bits per heavy atom. The van der Waals surface area contributed by atoms with Gasteiger partial charge in [-0.25, -0.2) is 0 Å². The maximum Gasteiger partial charge on any atom is 0.306 e. The minimum Gasteiger partial charge on any atom is -0.486 e. The fourth-order valence-corrected chi connectivity index (χ4v) is 2.16. The van der Waals surface area contributed by atoms with Crippen LogP contribution in [0.4, 0.5) is 0 Å². The summed E-state index contributed by atoms with van der Waals surface area (Å²) in [4.78, 5) is 35.3. The van der Waals surface area contributed by atoms with Crippen molar-refractivity contribution >= 4 is 17.7 Å². The minimum absolute atomic E-state index is 0.00604. The second-order valence-corrected chi connectivity index (χ2v) is 6.14. The Bertz CT molecular complexity index is 640. The molecular formula is C18H23NO6. The average Bonchev–Trinajstić information content (AvgIpc) is 2.62. The molecule has 0 unspecified atom stereocenters. The van der Waals surface area contributed by atoms with Crippen molar-refractivity contribution < 1.29 is 28.6 Å². The summed E-state index contributed by atoms with van der Waals surface area (Å²) >= 11 is 0. The first-order valence-corrected chi connectivity index (χ1v) is 8.31. The van der Waals surface area contributed by atoms with Crippen molar-refractivity contribution in [2.45, 2.75) is 26.7 Å². The fraction of sp³-hybridized carbons (Fsp3) is 0.500. The number of ketones is 1. The van der Waals surface area contributed by atoms with E-state index in [1.165, 1.54) is 0 Å². The van der Waals surface area contributed by atoms with Crippen molar-refractivity contribution in [1.29, 1.82) is 0 Å². The van der Waals surface area contributed by atoms with E-state index in [1.807, 2.05) is 13.8 Å². The smallest absolute Gasteiger partial charge is 0.306 e. The lowest BCUT2D eigenvalue weighted by Gasteiger charge is -2.18. The van der Waals surface area contributed by atoms with Crippen LogP contribution in [0.3, 0.4) is 0 Å². The molecule has 0 spiro atoms. The molecule has 0 aliphatic carbocycles. The Labute approximate surface area is 146 Å². The monoisotopic (exact) mass is 349 g/mol. The first-order chi connectivity index (χ1) is 12.0. The predicted octanol–water partition coefficient (Wildman–Crippen LogP) is 1.74. The van der Waals surface area contributed by atoms with E-state index in [2.05, 4.69) is 5.32 Å². The molecule has 0 radical (unpaired) electrons. The number of Topliss-reactive ketones (excluding diaryl/α,β-unsaturated/α-hetero) is 1. The molecule has 0 saturated heterocycles. The van der Waals surface area contributed by atoms with Gasteiger partial charge in [0.2, 0.25) is 0 Å². The van der Waals surface area contributed by atoms with E-state index in [9.17, 15) is 14.4 Å². The minimum atomic E-state index is -0.578. The Morgan fingerprint density at radius 3 is 2.56 bits per heavy atom. The van der Waals surface area contributed by atoms with Crippen molar-refractivity contribution in [3.8, 4) is 11.5 Å². The van der Waals surface area contributed by atoms with Gasteiger partial charge in [-0.15, -0.1) is 0 Å². The van der Waals surface area contributed by atoms with Gasteiger partial charge in [-0.2, -0.15) is 0 Å². The zero-order chi connectivity index (χ0) is 18.2. The number of nitrogens with one attached hydrogen (secondary N) is 1. The molecule has 1 aliphatic heterocycles. The summed E-state index contributed by atoms with van der Waals surface area (Å²) in [7, 11) is 0. The zero-order valence-electron chi connectivity index (χ0n) is 14.5. The molecule has 1 aromatic rings. The molecule has 0 aromatic heterocycles. The average molecular weight is 349 g/mol. The van der Waals surface area contributed by atoms with Crippen LogP contribution in [0.2, 0.25) is 0 Å². The Kier molecular flexibility index (Phi) is 6.80. The third-order valence-corrected chi connectivity index (χ3v) is 3.49. The molecule has 25 heavy (non-hydrogen) atoms. The number of carbonyl (C=O) groups excluding carboxylic acids is 3. The zero-order valence-corrected chi connectivity index (χ0v) is 14.5. The molecule has 2 rings (SSSR count). The number of ether oxygens (including phenoxy) is 3. The first-order valence-electron chi connectivity index (χ1n) is 8.31. The van der Waals surface area contributed by atoms with E-state index < -0.39 is 5.97 Å². The molecule has 0 fully saturated rings. The molecule has 1 amide bonds. The van der Waals surface area contributed by atoms with Crippen molar-refractivity contribution in [2.24, 2.45) is 5.92 Å². The third-order valence-electron chi connectivity index (χ3n) is 3.49. The summed E-state index contributed by atoms with van der Waals surface area (Å²) in [6.07, 6.45) is -0.0726. The lowest BCUT2D eigenvalue weighted by molar-refractivity contribution is -0.148. The normalized spacial score (nSPS) is 12.6. The van der Waals surface area contributed by atoms with E-state index >= 15 is 0 Å². The highest BCUT2D eigenvalue weighted by molar-refractivity contribution is 5.98. The molecule has 7 nitrogen and oxygen atoms in total. The van der Waals surface area contributed by atoms with Gasteiger partial charge in [-0.1, -0.05) is 13.8 Å². The summed E-state index contributed by atoms with van der Waals surface area (Å²) in [6.45, 7) is 5.06. The third kappa shape index (κ3) is 6.10. The van der Waals surface area contributed by atoms with Gasteiger partial charge in [-0.05, 0) is 24.1 Å². The Hall–Kier alpha value is -2.57. The molecule has 1 N–H and O–H groups in total. The molecule has 1 aliphatic rings. The summed E-state index contributed by atoms with van der Waals surface area (Å²) in [5, 5.41) is 2.65. The van der Waals surface area contributed by atoms with Crippen LogP contribution in [0.1, 0.15) is 37.0 Å². The Balaban J connectivity index is 1.74. The quantitative estimate of drug-likeness (QED) is 0.568. The van der Waals surface area contributed by atoms with Gasteiger partial charge in [-0.3, -0.25) is 14.4 Å². The lowest BCUT2D eigenvalue weighted by atomic mass is 10.1. The van der Waals surface area contributed by atoms with Crippen molar-refractivity contribution in [3.05, 3.63) is 23.8 Å². The van der Waals surface area contributed by atoms with Crippen molar-refractivity contribution in [3.63, 3.8) is 0 Å². The summed E-state index contributed by atoms with van der Waals surface area (Å²) in [5.41, 5.74) is 0.451. The van der Waals surface area contributed by atoms with Crippen LogP contribution in [-0.2, 0) is 14.3 Å². The van der Waals surface area contributed by atoms with E-state index in [0.29, 0.717) is 42.7 Å². The van der Waals surface area contributed by atoms with Crippen molar-refractivity contribution in [1.82, 2.24) is 5.32 Å². The number of hydrogen-bond donors (Lipinski definition) is 1. The summed E-state index contributed by atoms with van der Waals surface area (Å²) in [6, 6.07) is 4.93. The van der Waals surface area contributed by atoms with Crippen molar-refractivity contribution in [2.75, 3.05) is 26.4 Å². The maximum atomic E-state index is 12.2. The van der Waals surface area contributed by atoms with Crippen LogP contribution in [0, 0.1) is 5.92 Å². The molecule has 0 atom stereocenters. The second kappa shape index (κ2) is 9.05. The highest BCUT2D eigenvalue weighted by atomic mass is 16.6.